The van der Waals surface area contributed by atoms with Crippen molar-refractivity contribution in [2.45, 2.75) is 6.42 Å². The second-order valence-corrected chi connectivity index (χ2v) is 16.2. The summed E-state index contributed by atoms with van der Waals surface area (Å²) in [6.07, 6.45) is 1.31. The summed E-state index contributed by atoms with van der Waals surface area (Å²) in [4.78, 5) is 10.3. The van der Waals surface area contributed by atoms with E-state index in [1.165, 1.54) is 15.3 Å². The second kappa shape index (κ2) is 6.00. The Balaban J connectivity index is 0.000000810. The number of carbonyl (C=O) groups excluding carboxylic acids is 1. The van der Waals surface area contributed by atoms with Crippen LogP contribution in [0.2, 0.25) is 0 Å². The van der Waals surface area contributed by atoms with Gasteiger partial charge in [0, 0.05) is 19.5 Å². The van der Waals surface area contributed by atoms with Gasteiger partial charge in [0.2, 0.25) is 0 Å². The summed E-state index contributed by atoms with van der Waals surface area (Å²) in [5.41, 5.74) is 0. The third kappa shape index (κ3) is 4.33. The molecule has 5 heteroatoms. The molecule has 0 aromatic heterocycles. The van der Waals surface area contributed by atoms with Crippen LogP contribution in [-0.4, -0.2) is 14.8 Å². The smallest absolute Gasteiger partial charge is 0 e. The first kappa shape index (κ1) is 11.4. The molecule has 0 N–H and O–H groups in total. The summed E-state index contributed by atoms with van der Waals surface area (Å²) in [6, 6.07) is 0. The first-order valence-electron chi connectivity index (χ1n) is 2.59. The van der Waals surface area contributed by atoms with E-state index in [9.17, 15) is 4.79 Å². The van der Waals surface area contributed by atoms with Gasteiger partial charge >= 0.3 is 69.5 Å². The van der Waals surface area contributed by atoms with Crippen molar-refractivity contribution in [3.63, 3.8) is 0 Å². The number of rotatable bonds is 1. The van der Waals surface area contributed by atoms with Gasteiger partial charge in [-0.1, -0.05) is 0 Å². The molecular weight excluding hydrogens is 411 g/mol. The molecule has 1 saturated heterocycles. The van der Waals surface area contributed by atoms with E-state index in [0.717, 1.165) is 0 Å². The molecule has 1 aliphatic heterocycles. The van der Waals surface area contributed by atoms with E-state index < -0.39 is 16.3 Å². The van der Waals surface area contributed by atoms with Gasteiger partial charge in [0.15, 0.2) is 0 Å². The zero-order chi connectivity index (χ0) is 6.69. The van der Waals surface area contributed by atoms with Crippen molar-refractivity contribution in [2.75, 3.05) is 8.86 Å². The van der Waals surface area contributed by atoms with Crippen LogP contribution in [0.25, 0.3) is 0 Å². The molecule has 0 aromatic carbocycles. The van der Waals surface area contributed by atoms with Crippen LogP contribution >= 0.6 is 16.3 Å². The van der Waals surface area contributed by atoms with Gasteiger partial charge in [-0.3, -0.25) is 0 Å². The largest absolute Gasteiger partial charge is 0 e. The first-order chi connectivity index (χ1) is 4.29. The molecule has 0 amide bonds. The minimum absolute atomic E-state index is 0. The van der Waals surface area contributed by atoms with Gasteiger partial charge < -0.3 is 0 Å². The topological polar surface area (TPSA) is 26.3 Å². The predicted molar refractivity (Wildman–Crippen MR) is 39.8 cm³/mol. The van der Waals surface area contributed by atoms with Crippen molar-refractivity contribution >= 4 is 22.2 Å². The van der Waals surface area contributed by atoms with E-state index in [-0.39, 0.29) is 25.4 Å². The molecule has 1 rings (SSSR count). The van der Waals surface area contributed by atoms with E-state index >= 15 is 0 Å². The Morgan fingerprint density at radius 1 is 1.70 bits per heavy atom. The number of hydrogen-bond donors (Lipinski definition) is 0. The van der Waals surface area contributed by atoms with Crippen molar-refractivity contribution in [3.8, 4) is 0 Å². The Morgan fingerprint density at radius 2 is 2.40 bits per heavy atom. The van der Waals surface area contributed by atoms with Gasteiger partial charge in [0.25, 0.3) is 0 Å². The van der Waals surface area contributed by atoms with E-state index in [4.69, 9.17) is 3.07 Å². The summed E-state index contributed by atoms with van der Waals surface area (Å²) in [6.45, 7) is 3.20. The van der Waals surface area contributed by atoms with Crippen LogP contribution in [0.4, 0.5) is 0 Å². The summed E-state index contributed by atoms with van der Waals surface area (Å²) >= 11 is -0.782. The summed E-state index contributed by atoms with van der Waals surface area (Å²) in [5, 5.41) is 0. The number of hydrogen-bond acceptors (Lipinski definition) is 2. The minimum atomic E-state index is -1.10. The van der Waals surface area contributed by atoms with Crippen molar-refractivity contribution in [1.82, 2.24) is 0 Å². The van der Waals surface area contributed by atoms with Crippen LogP contribution in [0.3, 0.4) is 0 Å². The molecule has 10 heavy (non-hydrogen) atoms. The Kier molecular flexibility index (Phi) is 6.85. The van der Waals surface area contributed by atoms with Gasteiger partial charge in [-0.2, -0.15) is 0 Å². The van der Waals surface area contributed by atoms with E-state index in [2.05, 4.69) is 6.92 Å². The normalized spacial score (nSPS) is 20.6. The van der Waals surface area contributed by atoms with Crippen LogP contribution in [-0.2, 0) is 27.3 Å². The van der Waals surface area contributed by atoms with Crippen molar-refractivity contribution < 1.29 is 44.6 Å². The SMILES string of the molecule is [CH2-]C(=O)OI1CCC[I-]1.[Zn]. The monoisotopic (exact) mass is 418 g/mol. The molecule has 1 fully saturated rings. The van der Waals surface area contributed by atoms with Crippen LogP contribution in [0, 0.1) is 6.92 Å². The van der Waals surface area contributed by atoms with Gasteiger partial charge in [0.05, 0.1) is 0 Å². The fourth-order valence-corrected chi connectivity index (χ4v) is 16.1. The molecule has 0 atom stereocenters. The molecule has 0 spiro atoms. The van der Waals surface area contributed by atoms with Gasteiger partial charge in [0.1, 0.15) is 0 Å². The molecule has 1 heterocycles. The predicted octanol–water partition coefficient (Wildman–Crippen LogP) is -1.81. The third-order valence-corrected chi connectivity index (χ3v) is 16.1. The van der Waals surface area contributed by atoms with E-state index in [1.807, 2.05) is 0 Å². The maximum absolute atomic E-state index is 10.3. The number of halogens is 2. The molecule has 58 valence electrons. The average molecular weight is 419 g/mol. The van der Waals surface area contributed by atoms with Crippen molar-refractivity contribution in [1.29, 1.82) is 0 Å². The maximum atomic E-state index is 10.3. The molecule has 0 bridgehead atoms. The standard InChI is InChI=1S/C5H8I2O2.Zn/c1-5(8)9-7-4-2-3-6-7;/h1-4H2;/q-2;. The van der Waals surface area contributed by atoms with Crippen molar-refractivity contribution in [3.05, 3.63) is 6.92 Å². The Hall–Kier alpha value is 1.42. The zero-order valence-corrected chi connectivity index (χ0v) is 12.9. The van der Waals surface area contributed by atoms with Gasteiger partial charge in [-0.05, 0) is 0 Å². The van der Waals surface area contributed by atoms with Crippen LogP contribution in [0.15, 0.2) is 0 Å². The molecule has 0 aromatic rings. The second-order valence-electron chi connectivity index (χ2n) is 1.55. The van der Waals surface area contributed by atoms with Gasteiger partial charge in [-0.25, -0.2) is 0 Å². The summed E-state index contributed by atoms with van der Waals surface area (Å²) in [7, 11) is 0. The molecule has 1 aliphatic rings. The number of carbonyl (C=O) groups is 1. The Labute approximate surface area is 87.8 Å². The fraction of sp³-hybridized carbons (Fsp3) is 0.600. The fourth-order valence-electron chi connectivity index (χ4n) is 0.489. The number of alkyl halides is 2. The van der Waals surface area contributed by atoms with Crippen molar-refractivity contribution in [2.24, 2.45) is 0 Å². The maximum Gasteiger partial charge on any atom is 0 e. The quantitative estimate of drug-likeness (QED) is 0.217. The molecule has 0 radical (unpaired) electrons. The molecule has 0 aliphatic carbocycles. The summed E-state index contributed by atoms with van der Waals surface area (Å²) < 4.78 is 7.67. The first-order valence-corrected chi connectivity index (χ1v) is 12.8. The third-order valence-electron chi connectivity index (χ3n) is 0.770. The molecular formula is C5H8I2O2Zn-2. The van der Waals surface area contributed by atoms with E-state index in [1.54, 1.807) is 0 Å². The Bertz CT molecular complexity index is 114. The average Bonchev–Trinajstić information content (AvgIpc) is 2.15. The van der Waals surface area contributed by atoms with Gasteiger partial charge in [-0.15, -0.1) is 0 Å². The molecule has 0 unspecified atom stereocenters. The minimum Gasteiger partial charge on any atom is 0 e. The van der Waals surface area contributed by atoms with Crippen LogP contribution in [0.5, 0.6) is 0 Å². The van der Waals surface area contributed by atoms with Crippen LogP contribution < -0.4 is 17.2 Å². The zero-order valence-electron chi connectivity index (χ0n) is 5.61. The molecule has 2 nitrogen and oxygen atoms in total. The van der Waals surface area contributed by atoms with E-state index in [0.29, 0.717) is 17.2 Å². The van der Waals surface area contributed by atoms with Crippen LogP contribution in [0.1, 0.15) is 6.42 Å². The Morgan fingerprint density at radius 3 is 2.80 bits per heavy atom. The molecule has 0 saturated carbocycles. The summed E-state index contributed by atoms with van der Waals surface area (Å²) in [5.74, 6) is -0.290.